The fraction of sp³-hybridized carbons (Fsp3) is 0.571. The van der Waals surface area contributed by atoms with Gasteiger partial charge in [0.15, 0.2) is 0 Å². The number of carbonyl (C=O) groups is 1. The van der Waals surface area contributed by atoms with Crippen LogP contribution in [0.1, 0.15) is 13.3 Å². The Labute approximate surface area is 87.2 Å². The van der Waals surface area contributed by atoms with E-state index in [0.717, 1.165) is 0 Å². The predicted molar refractivity (Wildman–Crippen MR) is 51.7 cm³/mol. The van der Waals surface area contributed by atoms with Crippen LogP contribution < -0.4 is 0 Å². The topological polar surface area (TPSA) is 124 Å². The van der Waals surface area contributed by atoms with Gasteiger partial charge in [0.25, 0.3) is 0 Å². The number of carbonyl (C=O) groups excluding carboxylic acids is 1. The van der Waals surface area contributed by atoms with Gasteiger partial charge in [0, 0.05) is 0 Å². The van der Waals surface area contributed by atoms with Crippen molar-refractivity contribution >= 4 is 13.8 Å². The molecular weight excluding hydrogens is 227 g/mol. The summed E-state index contributed by atoms with van der Waals surface area (Å²) in [4.78, 5) is 32.2. The van der Waals surface area contributed by atoms with E-state index in [0.29, 0.717) is 6.42 Å². The zero-order valence-corrected chi connectivity index (χ0v) is 9.35. The van der Waals surface area contributed by atoms with E-state index < -0.39 is 19.9 Å². The van der Waals surface area contributed by atoms with Crippen LogP contribution in [0, 0.1) is 0 Å². The van der Waals surface area contributed by atoms with Crippen molar-refractivity contribution in [2.45, 2.75) is 19.4 Å². The van der Waals surface area contributed by atoms with Crippen molar-refractivity contribution < 1.29 is 33.9 Å². The number of esters is 1. The molecule has 8 heteroatoms. The van der Waals surface area contributed by atoms with Gasteiger partial charge in [-0.3, -0.25) is 0 Å². The maximum absolute atomic E-state index is 10.6. The monoisotopic (exact) mass is 242 g/mol. The molecule has 0 bridgehead atoms. The molecular formula is C7H15O7P. The first-order chi connectivity index (χ1) is 6.63. The van der Waals surface area contributed by atoms with Gasteiger partial charge < -0.3 is 24.5 Å². The summed E-state index contributed by atoms with van der Waals surface area (Å²) in [5, 5.41) is 9.03. The summed E-state index contributed by atoms with van der Waals surface area (Å²) >= 11 is 0. The Morgan fingerprint density at radius 2 is 1.80 bits per heavy atom. The maximum Gasteiger partial charge on any atom is 0.466 e. The molecule has 0 saturated heterocycles. The summed E-state index contributed by atoms with van der Waals surface area (Å²) in [7, 11) is -3.38. The van der Waals surface area contributed by atoms with E-state index in [9.17, 15) is 4.79 Å². The van der Waals surface area contributed by atoms with Gasteiger partial charge >= 0.3 is 13.8 Å². The van der Waals surface area contributed by atoms with Crippen molar-refractivity contribution in [1.82, 2.24) is 0 Å². The fourth-order valence-electron chi connectivity index (χ4n) is 0.514. The first-order valence-electron chi connectivity index (χ1n) is 3.86. The van der Waals surface area contributed by atoms with Crippen LogP contribution in [-0.2, 0) is 14.1 Å². The van der Waals surface area contributed by atoms with E-state index in [4.69, 9.17) is 24.4 Å². The summed E-state index contributed by atoms with van der Waals surface area (Å²) in [6, 6.07) is 0. The molecule has 90 valence electrons. The molecule has 0 aliphatic rings. The SMILES string of the molecule is C=C(C(=O)OC)C(O)CC.O=P(O)(O)O. The summed E-state index contributed by atoms with van der Waals surface area (Å²) in [5.74, 6) is -0.547. The molecule has 0 aliphatic carbocycles. The Balaban J connectivity index is 0. The average Bonchev–Trinajstić information content (AvgIpc) is 2.11. The maximum atomic E-state index is 10.6. The average molecular weight is 242 g/mol. The standard InChI is InChI=1S/C7H12O3.H3O4P/c1-4-6(8)5(2)7(9)10-3;1-5(2,3)4/h6,8H,2,4H2,1,3H3;(H3,1,2,3,4). The predicted octanol–water partition coefficient (Wildman–Crippen LogP) is -0.442. The molecule has 0 aliphatic heterocycles. The number of aliphatic hydroxyl groups excluding tert-OH is 1. The first-order valence-corrected chi connectivity index (χ1v) is 5.43. The molecule has 0 amide bonds. The summed E-state index contributed by atoms with van der Waals surface area (Å²) in [5.41, 5.74) is 0.116. The van der Waals surface area contributed by atoms with Gasteiger partial charge in [-0.05, 0) is 6.42 Å². The zero-order chi connectivity index (χ0) is 12.6. The van der Waals surface area contributed by atoms with Gasteiger partial charge in [0.1, 0.15) is 0 Å². The highest BCUT2D eigenvalue weighted by molar-refractivity contribution is 7.45. The molecule has 0 heterocycles. The van der Waals surface area contributed by atoms with E-state index in [1.54, 1.807) is 6.92 Å². The lowest BCUT2D eigenvalue weighted by Gasteiger charge is -2.07. The Morgan fingerprint density at radius 3 is 2.00 bits per heavy atom. The molecule has 7 nitrogen and oxygen atoms in total. The van der Waals surface area contributed by atoms with E-state index in [1.807, 2.05) is 0 Å². The highest BCUT2D eigenvalue weighted by atomic mass is 31.2. The number of aliphatic hydroxyl groups is 1. The molecule has 0 aromatic rings. The van der Waals surface area contributed by atoms with Crippen LogP contribution in [0.5, 0.6) is 0 Å². The number of hydrogen-bond acceptors (Lipinski definition) is 4. The molecule has 0 aromatic carbocycles. The van der Waals surface area contributed by atoms with E-state index in [-0.39, 0.29) is 5.57 Å². The van der Waals surface area contributed by atoms with E-state index in [1.165, 1.54) is 7.11 Å². The van der Waals surface area contributed by atoms with Gasteiger partial charge in [-0.1, -0.05) is 13.5 Å². The Kier molecular flexibility index (Phi) is 8.41. The van der Waals surface area contributed by atoms with Crippen LogP contribution in [0.15, 0.2) is 12.2 Å². The largest absolute Gasteiger partial charge is 0.466 e. The Hall–Kier alpha value is -0.720. The Bertz CT molecular complexity index is 248. The normalized spacial score (nSPS) is 12.1. The molecule has 15 heavy (non-hydrogen) atoms. The lowest BCUT2D eigenvalue weighted by atomic mass is 10.1. The zero-order valence-electron chi connectivity index (χ0n) is 8.45. The molecule has 4 N–H and O–H groups in total. The van der Waals surface area contributed by atoms with Gasteiger partial charge in [-0.15, -0.1) is 0 Å². The van der Waals surface area contributed by atoms with Gasteiger partial charge in [-0.2, -0.15) is 0 Å². The summed E-state index contributed by atoms with van der Waals surface area (Å²) in [6.45, 7) is 5.13. The molecule has 0 spiro atoms. The van der Waals surface area contributed by atoms with Crippen LogP contribution in [0.25, 0.3) is 0 Å². The third-order valence-corrected chi connectivity index (χ3v) is 1.24. The molecule has 0 radical (unpaired) electrons. The Morgan fingerprint density at radius 1 is 1.47 bits per heavy atom. The quantitative estimate of drug-likeness (QED) is 0.300. The second-order valence-corrected chi connectivity index (χ2v) is 3.48. The van der Waals surface area contributed by atoms with Crippen molar-refractivity contribution in [3.05, 3.63) is 12.2 Å². The molecule has 1 atom stereocenters. The van der Waals surface area contributed by atoms with Gasteiger partial charge in [0.2, 0.25) is 0 Å². The third-order valence-electron chi connectivity index (χ3n) is 1.24. The van der Waals surface area contributed by atoms with Crippen LogP contribution in [0.4, 0.5) is 0 Å². The smallest absolute Gasteiger partial charge is 0.466 e. The number of hydrogen-bond donors (Lipinski definition) is 4. The highest BCUT2D eigenvalue weighted by Gasteiger charge is 2.13. The lowest BCUT2D eigenvalue weighted by molar-refractivity contribution is -0.137. The van der Waals surface area contributed by atoms with Gasteiger partial charge in [-0.25, -0.2) is 9.36 Å². The lowest BCUT2D eigenvalue weighted by Crippen LogP contribution is -2.17. The van der Waals surface area contributed by atoms with E-state index >= 15 is 0 Å². The minimum absolute atomic E-state index is 0.116. The molecule has 1 unspecified atom stereocenters. The fourth-order valence-corrected chi connectivity index (χ4v) is 0.514. The van der Waals surface area contributed by atoms with Crippen LogP contribution in [0.2, 0.25) is 0 Å². The van der Waals surface area contributed by atoms with E-state index in [2.05, 4.69) is 11.3 Å². The van der Waals surface area contributed by atoms with Gasteiger partial charge in [0.05, 0.1) is 18.8 Å². The summed E-state index contributed by atoms with van der Waals surface area (Å²) < 4.78 is 13.2. The summed E-state index contributed by atoms with van der Waals surface area (Å²) in [6.07, 6.45) is -0.291. The number of ether oxygens (including phenoxy) is 1. The molecule has 0 saturated carbocycles. The minimum Gasteiger partial charge on any atom is -0.466 e. The van der Waals surface area contributed by atoms with Crippen molar-refractivity contribution in [1.29, 1.82) is 0 Å². The molecule has 0 rings (SSSR count). The molecule has 0 aromatic heterocycles. The van der Waals surface area contributed by atoms with Crippen molar-refractivity contribution in [3.63, 3.8) is 0 Å². The third kappa shape index (κ3) is 13.3. The number of rotatable bonds is 3. The van der Waals surface area contributed by atoms with Crippen LogP contribution in [0.3, 0.4) is 0 Å². The van der Waals surface area contributed by atoms with Crippen LogP contribution in [-0.4, -0.2) is 39.0 Å². The van der Waals surface area contributed by atoms with Crippen LogP contribution >= 0.6 is 7.82 Å². The minimum atomic E-state index is -4.64. The second kappa shape index (κ2) is 7.56. The molecule has 0 fully saturated rings. The second-order valence-electron chi connectivity index (χ2n) is 2.45. The number of methoxy groups -OCH3 is 1. The first kappa shape index (κ1) is 16.7. The van der Waals surface area contributed by atoms with Crippen molar-refractivity contribution in [2.75, 3.05) is 7.11 Å². The highest BCUT2D eigenvalue weighted by Crippen LogP contribution is 2.25. The number of phosphoric acid groups is 1. The van der Waals surface area contributed by atoms with Crippen molar-refractivity contribution in [3.8, 4) is 0 Å². The van der Waals surface area contributed by atoms with Crippen molar-refractivity contribution in [2.24, 2.45) is 0 Å².